The predicted molar refractivity (Wildman–Crippen MR) is 75.7 cm³/mol. The lowest BCUT2D eigenvalue weighted by Crippen LogP contribution is -2.43. The quantitative estimate of drug-likeness (QED) is 0.749. The van der Waals surface area contributed by atoms with Gasteiger partial charge < -0.3 is 9.96 Å². The van der Waals surface area contributed by atoms with Gasteiger partial charge in [-0.25, -0.2) is 0 Å². The lowest BCUT2D eigenvalue weighted by atomic mass is 9.80. The molecule has 1 unspecified atom stereocenters. The summed E-state index contributed by atoms with van der Waals surface area (Å²) in [4.78, 5) is 0. The van der Waals surface area contributed by atoms with Gasteiger partial charge in [0.05, 0.1) is 21.1 Å². The van der Waals surface area contributed by atoms with Gasteiger partial charge in [0, 0.05) is 11.5 Å². The first-order valence-corrected chi connectivity index (χ1v) is 6.95. The first kappa shape index (κ1) is 15.2. The highest BCUT2D eigenvalue weighted by atomic mass is 16.0. The molecular formula is C16H27NO. The molecule has 1 saturated carbocycles. The lowest BCUT2D eigenvalue weighted by Gasteiger charge is -2.41. The zero-order valence-electron chi connectivity index (χ0n) is 12.0. The second-order valence-electron chi connectivity index (χ2n) is 6.37. The Balaban J connectivity index is 0.00000162. The fourth-order valence-corrected chi connectivity index (χ4v) is 3.45. The first-order valence-electron chi connectivity index (χ1n) is 6.95. The Hall–Kier alpha value is -0.860. The summed E-state index contributed by atoms with van der Waals surface area (Å²) in [5, 5.41) is 0. The first-order chi connectivity index (χ1) is 8.09. The predicted octanol–water partition coefficient (Wildman–Crippen LogP) is 3.84. The molecule has 0 heterocycles. The smallest absolute Gasteiger partial charge is 0.117 e. The second-order valence-corrected chi connectivity index (χ2v) is 6.37. The summed E-state index contributed by atoms with van der Waals surface area (Å²) >= 11 is 0. The number of nitrogens with zero attached hydrogens (tertiary/aromatic N) is 1. The van der Waals surface area contributed by atoms with Crippen LogP contribution in [0, 0.1) is 5.92 Å². The number of rotatable bonds is 3. The third kappa shape index (κ3) is 3.56. The van der Waals surface area contributed by atoms with Crippen LogP contribution in [0.5, 0.6) is 0 Å². The van der Waals surface area contributed by atoms with Crippen LogP contribution in [0.4, 0.5) is 0 Å². The third-order valence-electron chi connectivity index (χ3n) is 4.07. The Morgan fingerprint density at radius 3 is 2.00 bits per heavy atom. The van der Waals surface area contributed by atoms with Gasteiger partial charge in [-0.1, -0.05) is 49.6 Å². The molecule has 0 aromatic heterocycles. The van der Waals surface area contributed by atoms with Crippen LogP contribution in [0.1, 0.15) is 43.7 Å². The van der Waals surface area contributed by atoms with Crippen molar-refractivity contribution in [3.63, 3.8) is 0 Å². The Labute approximate surface area is 112 Å². The van der Waals surface area contributed by atoms with Crippen LogP contribution in [0.25, 0.3) is 0 Å². The van der Waals surface area contributed by atoms with Crippen molar-refractivity contribution in [1.29, 1.82) is 0 Å². The summed E-state index contributed by atoms with van der Waals surface area (Å²) in [6.45, 7) is 0. The molecule has 18 heavy (non-hydrogen) atoms. The fourth-order valence-electron chi connectivity index (χ4n) is 3.45. The van der Waals surface area contributed by atoms with Gasteiger partial charge in [-0.05, 0) is 12.8 Å². The molecule has 2 rings (SSSR count). The molecule has 2 nitrogen and oxygen atoms in total. The van der Waals surface area contributed by atoms with Gasteiger partial charge >= 0.3 is 0 Å². The molecule has 1 aliphatic rings. The molecule has 0 bridgehead atoms. The van der Waals surface area contributed by atoms with E-state index in [9.17, 15) is 0 Å². The van der Waals surface area contributed by atoms with Gasteiger partial charge in [-0.15, -0.1) is 0 Å². The van der Waals surface area contributed by atoms with E-state index in [0.717, 1.165) is 10.4 Å². The Kier molecular flexibility index (Phi) is 5.36. The highest BCUT2D eigenvalue weighted by Crippen LogP contribution is 2.39. The molecule has 102 valence electrons. The molecule has 1 aliphatic carbocycles. The largest absolute Gasteiger partial charge is 0.870 e. The maximum atomic E-state index is 2.34. The summed E-state index contributed by atoms with van der Waals surface area (Å²) in [5.74, 6) is 0.867. The zero-order valence-corrected chi connectivity index (χ0v) is 12.0. The van der Waals surface area contributed by atoms with Crippen LogP contribution in [0.2, 0.25) is 0 Å². The van der Waals surface area contributed by atoms with Gasteiger partial charge in [0.1, 0.15) is 6.04 Å². The average molecular weight is 249 g/mol. The maximum Gasteiger partial charge on any atom is 0.117 e. The van der Waals surface area contributed by atoms with E-state index in [0.29, 0.717) is 6.04 Å². The average Bonchev–Trinajstić information content (AvgIpc) is 2.30. The van der Waals surface area contributed by atoms with Gasteiger partial charge in [0.2, 0.25) is 0 Å². The van der Waals surface area contributed by atoms with Gasteiger partial charge in [-0.2, -0.15) is 0 Å². The zero-order chi connectivity index (χ0) is 12.3. The minimum atomic E-state index is 0. The Morgan fingerprint density at radius 2 is 1.50 bits per heavy atom. The van der Waals surface area contributed by atoms with Gasteiger partial charge in [0.15, 0.2) is 0 Å². The van der Waals surface area contributed by atoms with E-state index in [-0.39, 0.29) is 5.48 Å². The van der Waals surface area contributed by atoms with Crippen molar-refractivity contribution >= 4 is 0 Å². The fraction of sp³-hybridized carbons (Fsp3) is 0.625. The van der Waals surface area contributed by atoms with Crippen LogP contribution in [-0.4, -0.2) is 31.1 Å². The van der Waals surface area contributed by atoms with Crippen molar-refractivity contribution in [2.24, 2.45) is 5.92 Å². The molecule has 1 aromatic rings. The van der Waals surface area contributed by atoms with Crippen LogP contribution < -0.4 is 0 Å². The van der Waals surface area contributed by atoms with E-state index < -0.39 is 0 Å². The van der Waals surface area contributed by atoms with E-state index in [2.05, 4.69) is 51.5 Å². The van der Waals surface area contributed by atoms with Crippen LogP contribution in [-0.2, 0) is 0 Å². The minimum Gasteiger partial charge on any atom is -0.870 e. The van der Waals surface area contributed by atoms with E-state index >= 15 is 0 Å². The van der Waals surface area contributed by atoms with Crippen LogP contribution >= 0.6 is 0 Å². The Bertz CT molecular complexity index is 336. The van der Waals surface area contributed by atoms with Gasteiger partial charge in [-0.3, -0.25) is 0 Å². The topological polar surface area (TPSA) is 30.0 Å². The number of hydrogen-bond acceptors (Lipinski definition) is 1. The lowest BCUT2D eigenvalue weighted by molar-refractivity contribution is -0.906. The molecule has 2 heteroatoms. The van der Waals surface area contributed by atoms with Crippen molar-refractivity contribution in [3.05, 3.63) is 35.9 Å². The third-order valence-corrected chi connectivity index (χ3v) is 4.07. The van der Waals surface area contributed by atoms with Crippen LogP contribution in [0.3, 0.4) is 0 Å². The number of hydrogen-bond donors (Lipinski definition) is 0. The van der Waals surface area contributed by atoms with Crippen molar-refractivity contribution < 1.29 is 9.96 Å². The maximum absolute atomic E-state index is 2.34. The van der Waals surface area contributed by atoms with E-state index in [1.165, 1.54) is 37.7 Å². The Morgan fingerprint density at radius 1 is 0.944 bits per heavy atom. The SMILES string of the molecule is C[N+](C)(C)C(c1ccccc1)C1CCCCC1.[OH-]. The van der Waals surface area contributed by atoms with E-state index in [1.807, 2.05) is 0 Å². The molecule has 0 radical (unpaired) electrons. The molecule has 1 atom stereocenters. The molecule has 1 aromatic carbocycles. The van der Waals surface area contributed by atoms with E-state index in [4.69, 9.17) is 0 Å². The molecular weight excluding hydrogens is 222 g/mol. The molecule has 0 spiro atoms. The molecule has 0 saturated heterocycles. The standard InChI is InChI=1S/C16H26N.H2O/c1-17(2,3)16(14-10-6-4-7-11-14)15-12-8-5-9-13-15;/h4,6-7,10-11,15-16H,5,8-9,12-13H2,1-3H3;1H2/q+1;/p-1. The summed E-state index contributed by atoms with van der Waals surface area (Å²) < 4.78 is 1.05. The highest BCUT2D eigenvalue weighted by Gasteiger charge is 2.34. The van der Waals surface area contributed by atoms with Crippen molar-refractivity contribution in [1.82, 2.24) is 0 Å². The summed E-state index contributed by atoms with van der Waals surface area (Å²) in [6.07, 6.45) is 7.11. The minimum absolute atomic E-state index is 0. The summed E-state index contributed by atoms with van der Waals surface area (Å²) in [7, 11) is 7.02. The van der Waals surface area contributed by atoms with E-state index in [1.54, 1.807) is 0 Å². The van der Waals surface area contributed by atoms with Crippen molar-refractivity contribution in [3.8, 4) is 0 Å². The highest BCUT2D eigenvalue weighted by molar-refractivity contribution is 5.18. The normalized spacial score (nSPS) is 19.1. The molecule has 1 fully saturated rings. The second kappa shape index (κ2) is 6.35. The van der Waals surface area contributed by atoms with Crippen molar-refractivity contribution in [2.75, 3.05) is 21.1 Å². The number of quaternary nitrogens is 1. The monoisotopic (exact) mass is 249 g/mol. The summed E-state index contributed by atoms with van der Waals surface area (Å²) in [6, 6.07) is 11.8. The van der Waals surface area contributed by atoms with Crippen LogP contribution in [0.15, 0.2) is 30.3 Å². The molecule has 1 N–H and O–H groups in total. The van der Waals surface area contributed by atoms with Crippen molar-refractivity contribution in [2.45, 2.75) is 38.1 Å². The molecule has 0 aliphatic heterocycles. The van der Waals surface area contributed by atoms with Gasteiger partial charge in [0.25, 0.3) is 0 Å². The molecule has 0 amide bonds. The summed E-state index contributed by atoms with van der Waals surface area (Å²) in [5.41, 5.74) is 1.52. The number of benzene rings is 1.